The van der Waals surface area contributed by atoms with Gasteiger partial charge in [0.15, 0.2) is 0 Å². The SMILES string of the molecule is C=C(/C=C\C)/C=C\N(Cc1ccc(OC)cc1OC)C(C)N. The summed E-state index contributed by atoms with van der Waals surface area (Å²) in [7, 11) is 3.29. The van der Waals surface area contributed by atoms with Crippen LogP contribution in [0.1, 0.15) is 19.4 Å². The van der Waals surface area contributed by atoms with Crippen LogP contribution in [0, 0.1) is 0 Å². The molecule has 1 rings (SSSR count). The molecule has 1 unspecified atom stereocenters. The van der Waals surface area contributed by atoms with Crippen LogP contribution in [0.15, 0.2) is 54.8 Å². The molecule has 4 heteroatoms. The van der Waals surface area contributed by atoms with Gasteiger partial charge in [0, 0.05) is 24.4 Å². The van der Waals surface area contributed by atoms with Crippen LogP contribution in [-0.2, 0) is 6.54 Å². The van der Waals surface area contributed by atoms with E-state index in [1.54, 1.807) is 14.2 Å². The van der Waals surface area contributed by atoms with Crippen molar-refractivity contribution in [2.75, 3.05) is 14.2 Å². The Morgan fingerprint density at radius 1 is 1.32 bits per heavy atom. The first kappa shape index (κ1) is 17.9. The molecule has 0 spiro atoms. The predicted octanol–water partition coefficient (Wildman–Crippen LogP) is 3.46. The van der Waals surface area contributed by atoms with Gasteiger partial charge in [-0.15, -0.1) is 0 Å². The van der Waals surface area contributed by atoms with Gasteiger partial charge in [0.1, 0.15) is 11.5 Å². The highest BCUT2D eigenvalue weighted by Gasteiger charge is 2.11. The first-order chi connectivity index (χ1) is 10.5. The monoisotopic (exact) mass is 302 g/mol. The van der Waals surface area contributed by atoms with Crippen molar-refractivity contribution in [3.8, 4) is 11.5 Å². The van der Waals surface area contributed by atoms with Crippen molar-refractivity contribution >= 4 is 0 Å². The van der Waals surface area contributed by atoms with Gasteiger partial charge in [-0.3, -0.25) is 0 Å². The summed E-state index contributed by atoms with van der Waals surface area (Å²) in [5, 5.41) is 0. The maximum absolute atomic E-state index is 6.05. The molecule has 0 heterocycles. The summed E-state index contributed by atoms with van der Waals surface area (Å²) in [5.41, 5.74) is 8.02. The highest BCUT2D eigenvalue weighted by molar-refractivity contribution is 5.41. The fourth-order valence-corrected chi connectivity index (χ4v) is 1.97. The molecule has 1 atom stereocenters. The molecule has 0 aliphatic carbocycles. The van der Waals surface area contributed by atoms with Crippen molar-refractivity contribution in [2.45, 2.75) is 26.6 Å². The van der Waals surface area contributed by atoms with Gasteiger partial charge in [0.2, 0.25) is 0 Å². The molecule has 2 N–H and O–H groups in total. The molecule has 1 aromatic rings. The highest BCUT2D eigenvalue weighted by atomic mass is 16.5. The average Bonchev–Trinajstić information content (AvgIpc) is 2.51. The second-order valence-electron chi connectivity index (χ2n) is 4.98. The number of hydrogen-bond acceptors (Lipinski definition) is 4. The van der Waals surface area contributed by atoms with E-state index < -0.39 is 0 Å². The second-order valence-corrected chi connectivity index (χ2v) is 4.98. The van der Waals surface area contributed by atoms with E-state index in [9.17, 15) is 0 Å². The van der Waals surface area contributed by atoms with Gasteiger partial charge < -0.3 is 20.1 Å². The average molecular weight is 302 g/mol. The molecule has 120 valence electrons. The van der Waals surface area contributed by atoms with Crippen molar-refractivity contribution in [1.29, 1.82) is 0 Å². The normalized spacial score (nSPS) is 12.6. The van der Waals surface area contributed by atoms with Crippen molar-refractivity contribution < 1.29 is 9.47 Å². The lowest BCUT2D eigenvalue weighted by molar-refractivity contribution is 0.285. The molecule has 0 saturated heterocycles. The molecule has 0 aliphatic rings. The van der Waals surface area contributed by atoms with Gasteiger partial charge in [0.05, 0.1) is 20.4 Å². The number of rotatable bonds is 8. The first-order valence-corrected chi connectivity index (χ1v) is 7.23. The van der Waals surface area contributed by atoms with Crippen LogP contribution in [0.5, 0.6) is 11.5 Å². The molecule has 0 bridgehead atoms. The zero-order valence-electron chi connectivity index (χ0n) is 13.9. The van der Waals surface area contributed by atoms with E-state index in [0.717, 1.165) is 22.6 Å². The van der Waals surface area contributed by atoms with Gasteiger partial charge in [0.25, 0.3) is 0 Å². The van der Waals surface area contributed by atoms with E-state index in [0.29, 0.717) is 6.54 Å². The lowest BCUT2D eigenvalue weighted by atomic mass is 10.1. The van der Waals surface area contributed by atoms with Gasteiger partial charge in [-0.2, -0.15) is 0 Å². The Morgan fingerprint density at radius 2 is 2.05 bits per heavy atom. The third kappa shape index (κ3) is 5.30. The zero-order chi connectivity index (χ0) is 16.5. The first-order valence-electron chi connectivity index (χ1n) is 7.23. The molecular weight excluding hydrogens is 276 g/mol. The molecule has 0 aromatic heterocycles. The van der Waals surface area contributed by atoms with Gasteiger partial charge in [-0.05, 0) is 37.6 Å². The van der Waals surface area contributed by atoms with Crippen LogP contribution in [-0.4, -0.2) is 25.3 Å². The lowest BCUT2D eigenvalue weighted by Gasteiger charge is -2.25. The number of nitrogens with zero attached hydrogens (tertiary/aromatic N) is 1. The number of methoxy groups -OCH3 is 2. The summed E-state index contributed by atoms with van der Waals surface area (Å²) in [6.07, 6.45) is 7.68. The number of allylic oxidation sites excluding steroid dienone is 4. The summed E-state index contributed by atoms with van der Waals surface area (Å²) in [5.74, 6) is 1.55. The van der Waals surface area contributed by atoms with E-state index in [2.05, 4.69) is 6.58 Å². The van der Waals surface area contributed by atoms with Crippen LogP contribution in [0.2, 0.25) is 0 Å². The zero-order valence-corrected chi connectivity index (χ0v) is 13.9. The maximum atomic E-state index is 6.05. The Balaban J connectivity index is 2.94. The van der Waals surface area contributed by atoms with Gasteiger partial charge in [-0.25, -0.2) is 0 Å². The lowest BCUT2D eigenvalue weighted by Crippen LogP contribution is -2.35. The number of ether oxygens (including phenoxy) is 2. The fourth-order valence-electron chi connectivity index (χ4n) is 1.97. The molecule has 0 aliphatic heterocycles. The van der Waals surface area contributed by atoms with E-state index >= 15 is 0 Å². The largest absolute Gasteiger partial charge is 0.497 e. The maximum Gasteiger partial charge on any atom is 0.127 e. The van der Waals surface area contributed by atoms with Crippen LogP contribution < -0.4 is 15.2 Å². The smallest absolute Gasteiger partial charge is 0.127 e. The quantitative estimate of drug-likeness (QED) is 0.590. The number of benzene rings is 1. The molecular formula is C18H26N2O2. The molecule has 0 amide bonds. The van der Waals surface area contributed by atoms with Crippen molar-refractivity contribution in [3.05, 3.63) is 60.3 Å². The number of hydrogen-bond donors (Lipinski definition) is 1. The summed E-state index contributed by atoms with van der Waals surface area (Å²) in [6, 6.07) is 5.78. The standard InChI is InChI=1S/C18H26N2O2/c1-6-7-14(2)10-11-20(15(3)19)13-16-8-9-17(21-4)12-18(16)22-5/h6-12,15H,2,13,19H2,1,3-5H3/b7-6-,11-10-. The third-order valence-electron chi connectivity index (χ3n) is 3.23. The van der Waals surface area contributed by atoms with Crippen LogP contribution in [0.4, 0.5) is 0 Å². The minimum Gasteiger partial charge on any atom is -0.497 e. The Labute approximate surface area is 133 Å². The third-order valence-corrected chi connectivity index (χ3v) is 3.23. The fraction of sp³-hybridized carbons (Fsp3) is 0.333. The van der Waals surface area contributed by atoms with Crippen LogP contribution in [0.3, 0.4) is 0 Å². The molecule has 0 saturated carbocycles. The Hall–Kier alpha value is -2.20. The Bertz CT molecular complexity index is 548. The molecule has 0 fully saturated rings. The predicted molar refractivity (Wildman–Crippen MR) is 91.8 cm³/mol. The van der Waals surface area contributed by atoms with Crippen molar-refractivity contribution in [2.24, 2.45) is 5.73 Å². The summed E-state index contributed by atoms with van der Waals surface area (Å²) >= 11 is 0. The van der Waals surface area contributed by atoms with Crippen LogP contribution >= 0.6 is 0 Å². The Kier molecular flexibility index (Phi) is 7.26. The molecule has 0 radical (unpaired) electrons. The topological polar surface area (TPSA) is 47.7 Å². The van der Waals surface area contributed by atoms with Crippen molar-refractivity contribution in [3.63, 3.8) is 0 Å². The summed E-state index contributed by atoms with van der Waals surface area (Å²) in [6.45, 7) is 8.51. The van der Waals surface area contributed by atoms with E-state index in [1.807, 2.05) is 61.4 Å². The second kappa shape index (κ2) is 8.95. The van der Waals surface area contributed by atoms with Crippen LogP contribution in [0.25, 0.3) is 0 Å². The number of nitrogens with two attached hydrogens (primary N) is 1. The minimum atomic E-state index is -0.124. The molecule has 22 heavy (non-hydrogen) atoms. The highest BCUT2D eigenvalue weighted by Crippen LogP contribution is 2.26. The van der Waals surface area contributed by atoms with E-state index in [-0.39, 0.29) is 6.17 Å². The van der Waals surface area contributed by atoms with Crippen molar-refractivity contribution in [1.82, 2.24) is 4.90 Å². The van der Waals surface area contributed by atoms with E-state index in [1.165, 1.54) is 0 Å². The van der Waals surface area contributed by atoms with Gasteiger partial charge in [-0.1, -0.05) is 18.7 Å². The summed E-state index contributed by atoms with van der Waals surface area (Å²) in [4.78, 5) is 2.03. The van der Waals surface area contributed by atoms with E-state index in [4.69, 9.17) is 15.2 Å². The van der Waals surface area contributed by atoms with Gasteiger partial charge >= 0.3 is 0 Å². The molecule has 4 nitrogen and oxygen atoms in total. The summed E-state index contributed by atoms with van der Waals surface area (Å²) < 4.78 is 10.7. The molecule has 1 aromatic carbocycles. The Morgan fingerprint density at radius 3 is 2.59 bits per heavy atom. The minimum absolute atomic E-state index is 0.124.